The molecule has 0 saturated carbocycles. The first-order chi connectivity index (χ1) is 8.54. The molecule has 1 heterocycles. The molecule has 0 fully saturated rings. The van der Waals surface area contributed by atoms with E-state index in [-0.39, 0.29) is 0 Å². The number of nitrogens with zero attached hydrogens (tertiary/aromatic N) is 1. The predicted molar refractivity (Wildman–Crippen MR) is 70.9 cm³/mol. The maximum Gasteiger partial charge on any atom is 0.326 e. The minimum Gasteiger partial charge on any atom is -0.480 e. The number of pyridine rings is 1. The quantitative estimate of drug-likeness (QED) is 0.813. The lowest BCUT2D eigenvalue weighted by Crippen LogP contribution is -2.41. The number of nitrogens with one attached hydrogen (secondary N) is 1. The zero-order valence-electron chi connectivity index (χ0n) is 10.3. The molecular weight excluding hydrogens is 252 g/mol. The highest BCUT2D eigenvalue weighted by molar-refractivity contribution is 7.98. The summed E-state index contributed by atoms with van der Waals surface area (Å²) in [6.45, 7) is 1.82. The fourth-order valence-electron chi connectivity index (χ4n) is 1.34. The number of carboxylic acid groups (broad SMARTS) is 1. The Labute approximate surface area is 110 Å². The zero-order valence-corrected chi connectivity index (χ0v) is 11.2. The molecule has 0 bridgehead atoms. The van der Waals surface area contributed by atoms with Crippen LogP contribution in [0.3, 0.4) is 0 Å². The van der Waals surface area contributed by atoms with Crippen LogP contribution in [0.5, 0.6) is 0 Å². The van der Waals surface area contributed by atoms with Gasteiger partial charge in [-0.3, -0.25) is 9.78 Å². The molecule has 2 N–H and O–H groups in total. The summed E-state index contributed by atoms with van der Waals surface area (Å²) in [5.74, 6) is -0.739. The molecule has 0 spiro atoms. The summed E-state index contributed by atoms with van der Waals surface area (Å²) in [4.78, 5) is 26.8. The number of carbonyl (C=O) groups is 2. The highest BCUT2D eigenvalue weighted by Crippen LogP contribution is 2.04. The van der Waals surface area contributed by atoms with Gasteiger partial charge in [-0.25, -0.2) is 4.79 Å². The van der Waals surface area contributed by atoms with Gasteiger partial charge in [0, 0.05) is 11.9 Å². The van der Waals surface area contributed by atoms with Gasteiger partial charge in [0.15, 0.2) is 0 Å². The van der Waals surface area contributed by atoms with E-state index in [0.717, 1.165) is 5.69 Å². The molecule has 0 radical (unpaired) electrons. The molecule has 1 aromatic heterocycles. The molecular formula is C12H16N2O3S. The minimum absolute atomic E-state index is 0.371. The number of hydrogen-bond acceptors (Lipinski definition) is 4. The first-order valence-corrected chi connectivity index (χ1v) is 6.89. The summed E-state index contributed by atoms with van der Waals surface area (Å²) in [6.07, 6.45) is 3.74. The average molecular weight is 268 g/mol. The van der Waals surface area contributed by atoms with E-state index in [1.54, 1.807) is 23.9 Å². The van der Waals surface area contributed by atoms with E-state index in [4.69, 9.17) is 5.11 Å². The van der Waals surface area contributed by atoms with E-state index in [9.17, 15) is 9.59 Å². The molecule has 0 aliphatic rings. The molecule has 1 rings (SSSR count). The van der Waals surface area contributed by atoms with E-state index in [2.05, 4.69) is 10.3 Å². The predicted octanol–water partition coefficient (Wildman–Crippen LogP) is 1.33. The van der Waals surface area contributed by atoms with Gasteiger partial charge in [0.05, 0.1) is 5.56 Å². The lowest BCUT2D eigenvalue weighted by atomic mass is 10.2. The molecule has 0 aliphatic heterocycles. The maximum atomic E-state index is 11.8. The monoisotopic (exact) mass is 268 g/mol. The Morgan fingerprint density at radius 1 is 1.50 bits per heavy atom. The van der Waals surface area contributed by atoms with Crippen molar-refractivity contribution in [1.82, 2.24) is 10.3 Å². The minimum atomic E-state index is -1.02. The van der Waals surface area contributed by atoms with Gasteiger partial charge in [-0.15, -0.1) is 0 Å². The Kier molecular flexibility index (Phi) is 5.64. The van der Waals surface area contributed by atoms with Gasteiger partial charge in [-0.2, -0.15) is 11.8 Å². The largest absolute Gasteiger partial charge is 0.480 e. The standard InChI is InChI=1S/C12H16N2O3S/c1-8-3-4-9(7-13-8)11(15)14-10(12(16)17)5-6-18-2/h3-4,7,10H,5-6H2,1-2H3,(H,14,15)(H,16,17)/t10-/m1/s1. The first kappa shape index (κ1) is 14.5. The van der Waals surface area contributed by atoms with Crippen molar-refractivity contribution in [2.45, 2.75) is 19.4 Å². The van der Waals surface area contributed by atoms with Crippen LogP contribution in [-0.2, 0) is 4.79 Å². The van der Waals surface area contributed by atoms with E-state index in [1.165, 1.54) is 6.20 Å². The molecule has 0 unspecified atom stereocenters. The van der Waals surface area contributed by atoms with Gasteiger partial charge in [0.1, 0.15) is 6.04 Å². The summed E-state index contributed by atoms with van der Waals surface area (Å²) in [5, 5.41) is 11.5. The summed E-state index contributed by atoms with van der Waals surface area (Å²) in [7, 11) is 0. The van der Waals surface area contributed by atoms with Crippen molar-refractivity contribution >= 4 is 23.6 Å². The van der Waals surface area contributed by atoms with Crippen LogP contribution in [0.2, 0.25) is 0 Å². The molecule has 18 heavy (non-hydrogen) atoms. The van der Waals surface area contributed by atoms with Gasteiger partial charge in [0.2, 0.25) is 0 Å². The Morgan fingerprint density at radius 2 is 2.22 bits per heavy atom. The van der Waals surface area contributed by atoms with Gasteiger partial charge < -0.3 is 10.4 Å². The fraction of sp³-hybridized carbons (Fsp3) is 0.417. The van der Waals surface area contributed by atoms with E-state index in [1.807, 2.05) is 13.2 Å². The summed E-state index contributed by atoms with van der Waals surface area (Å²) in [5.41, 5.74) is 1.18. The third kappa shape index (κ3) is 4.37. The highest BCUT2D eigenvalue weighted by atomic mass is 32.2. The average Bonchev–Trinajstić information content (AvgIpc) is 2.34. The Hall–Kier alpha value is -1.56. The van der Waals surface area contributed by atoms with Crippen molar-refractivity contribution in [2.75, 3.05) is 12.0 Å². The van der Waals surface area contributed by atoms with Crippen molar-refractivity contribution in [3.05, 3.63) is 29.6 Å². The van der Waals surface area contributed by atoms with Crippen LogP contribution in [0.15, 0.2) is 18.3 Å². The number of aromatic nitrogens is 1. The molecule has 98 valence electrons. The van der Waals surface area contributed by atoms with Gasteiger partial charge in [-0.1, -0.05) is 0 Å². The number of aliphatic carboxylic acids is 1. The number of carbonyl (C=O) groups excluding carboxylic acids is 1. The number of amides is 1. The summed E-state index contributed by atoms with van der Waals surface area (Å²) < 4.78 is 0. The second kappa shape index (κ2) is 7.00. The number of thioether (sulfide) groups is 1. The van der Waals surface area contributed by atoms with E-state index < -0.39 is 17.9 Å². The summed E-state index contributed by atoms with van der Waals surface area (Å²) >= 11 is 1.55. The Balaban J connectivity index is 2.66. The zero-order chi connectivity index (χ0) is 13.5. The maximum absolute atomic E-state index is 11.8. The fourth-order valence-corrected chi connectivity index (χ4v) is 1.81. The smallest absolute Gasteiger partial charge is 0.326 e. The first-order valence-electron chi connectivity index (χ1n) is 5.50. The normalized spacial score (nSPS) is 11.9. The Bertz CT molecular complexity index is 420. The van der Waals surface area contributed by atoms with Crippen molar-refractivity contribution in [2.24, 2.45) is 0 Å². The third-order valence-electron chi connectivity index (χ3n) is 2.39. The molecule has 1 aromatic rings. The number of aryl methyl sites for hydroxylation is 1. The SMILES string of the molecule is CSCC[C@@H](NC(=O)c1ccc(C)nc1)C(=O)O. The molecule has 0 aromatic carbocycles. The highest BCUT2D eigenvalue weighted by Gasteiger charge is 2.20. The molecule has 1 atom stereocenters. The lowest BCUT2D eigenvalue weighted by Gasteiger charge is -2.13. The van der Waals surface area contributed by atoms with E-state index in [0.29, 0.717) is 17.7 Å². The molecule has 6 heteroatoms. The topological polar surface area (TPSA) is 79.3 Å². The second-order valence-corrected chi connectivity index (χ2v) is 4.82. The van der Waals surface area contributed by atoms with Gasteiger partial charge in [0.25, 0.3) is 5.91 Å². The number of carboxylic acids is 1. The molecule has 5 nitrogen and oxygen atoms in total. The number of hydrogen-bond donors (Lipinski definition) is 2. The third-order valence-corrected chi connectivity index (χ3v) is 3.03. The van der Waals surface area contributed by atoms with E-state index >= 15 is 0 Å². The van der Waals surface area contributed by atoms with Gasteiger partial charge in [-0.05, 0) is 37.5 Å². The van der Waals surface area contributed by atoms with Crippen LogP contribution in [0.4, 0.5) is 0 Å². The van der Waals surface area contributed by atoms with Crippen LogP contribution in [0.25, 0.3) is 0 Å². The van der Waals surface area contributed by atoms with Crippen molar-refractivity contribution < 1.29 is 14.7 Å². The lowest BCUT2D eigenvalue weighted by molar-refractivity contribution is -0.139. The van der Waals surface area contributed by atoms with Crippen LogP contribution in [0, 0.1) is 6.92 Å². The Morgan fingerprint density at radius 3 is 2.72 bits per heavy atom. The summed E-state index contributed by atoms with van der Waals surface area (Å²) in [6, 6.07) is 2.49. The van der Waals surface area contributed by atoms with Crippen molar-refractivity contribution in [3.63, 3.8) is 0 Å². The number of rotatable bonds is 6. The second-order valence-electron chi connectivity index (χ2n) is 3.83. The van der Waals surface area contributed by atoms with Crippen LogP contribution < -0.4 is 5.32 Å². The van der Waals surface area contributed by atoms with Crippen molar-refractivity contribution in [3.8, 4) is 0 Å². The molecule has 0 aliphatic carbocycles. The van der Waals surface area contributed by atoms with Crippen LogP contribution in [-0.4, -0.2) is 40.0 Å². The molecule has 0 saturated heterocycles. The van der Waals surface area contributed by atoms with Crippen molar-refractivity contribution in [1.29, 1.82) is 0 Å². The van der Waals surface area contributed by atoms with Crippen LogP contribution >= 0.6 is 11.8 Å². The van der Waals surface area contributed by atoms with Crippen LogP contribution in [0.1, 0.15) is 22.5 Å². The van der Waals surface area contributed by atoms with Gasteiger partial charge >= 0.3 is 5.97 Å². The molecule has 1 amide bonds.